The average molecular weight is 248 g/mol. The van der Waals surface area contributed by atoms with E-state index in [2.05, 4.69) is 68.0 Å². The summed E-state index contributed by atoms with van der Waals surface area (Å²) < 4.78 is 0. The summed E-state index contributed by atoms with van der Waals surface area (Å²) in [5, 5.41) is 0. The third-order valence-electron chi connectivity index (χ3n) is 3.65. The van der Waals surface area contributed by atoms with E-state index in [1.807, 2.05) is 0 Å². The number of hydrogen-bond acceptors (Lipinski definition) is 2. The van der Waals surface area contributed by atoms with E-state index in [1.165, 1.54) is 12.1 Å². The molecule has 102 valence electrons. The minimum absolute atomic E-state index is 0.605. The van der Waals surface area contributed by atoms with Crippen LogP contribution in [0, 0.1) is 0 Å². The average Bonchev–Trinajstić information content (AvgIpc) is 2.41. The van der Waals surface area contributed by atoms with Gasteiger partial charge in [0.2, 0.25) is 0 Å². The molecule has 0 saturated heterocycles. The first kappa shape index (κ1) is 15.2. The van der Waals surface area contributed by atoms with Gasteiger partial charge in [-0.15, -0.1) is 0 Å². The quantitative estimate of drug-likeness (QED) is 0.697. The van der Waals surface area contributed by atoms with Crippen molar-refractivity contribution in [1.82, 2.24) is 9.80 Å². The van der Waals surface area contributed by atoms with Gasteiger partial charge in [-0.25, -0.2) is 0 Å². The smallest absolute Gasteiger partial charge is 0.0109 e. The molecular weight excluding hydrogens is 220 g/mol. The van der Waals surface area contributed by atoms with Crippen molar-refractivity contribution < 1.29 is 0 Å². The van der Waals surface area contributed by atoms with Crippen LogP contribution in [0.1, 0.15) is 32.3 Å². The molecule has 2 heteroatoms. The second-order valence-electron chi connectivity index (χ2n) is 5.10. The number of rotatable bonds is 8. The molecule has 0 N–H and O–H groups in total. The second-order valence-corrected chi connectivity index (χ2v) is 5.10. The van der Waals surface area contributed by atoms with E-state index < -0.39 is 0 Å². The highest BCUT2D eigenvalue weighted by Crippen LogP contribution is 2.15. The van der Waals surface area contributed by atoms with Crippen LogP contribution < -0.4 is 0 Å². The topological polar surface area (TPSA) is 6.48 Å². The summed E-state index contributed by atoms with van der Waals surface area (Å²) in [5.74, 6) is 0.605. The highest BCUT2D eigenvalue weighted by atomic mass is 15.2. The molecule has 1 aromatic rings. The molecule has 0 aliphatic rings. The molecule has 0 aliphatic carbocycles. The predicted molar refractivity (Wildman–Crippen MR) is 80.1 cm³/mol. The fraction of sp³-hybridized carbons (Fsp3) is 0.625. The molecule has 0 saturated carbocycles. The summed E-state index contributed by atoms with van der Waals surface area (Å²) in [6.07, 6.45) is 0. The van der Waals surface area contributed by atoms with Gasteiger partial charge in [-0.1, -0.05) is 51.1 Å². The molecular formula is C16H28N2. The summed E-state index contributed by atoms with van der Waals surface area (Å²) in [6.45, 7) is 12.5. The predicted octanol–water partition coefficient (Wildman–Crippen LogP) is 3.06. The van der Waals surface area contributed by atoms with Gasteiger partial charge in [0.25, 0.3) is 0 Å². The largest absolute Gasteiger partial charge is 0.305 e. The first-order chi connectivity index (χ1) is 8.67. The number of hydrogen-bond donors (Lipinski definition) is 0. The van der Waals surface area contributed by atoms with Gasteiger partial charge in [-0.05, 0) is 31.6 Å². The van der Waals surface area contributed by atoms with E-state index >= 15 is 0 Å². The Hall–Kier alpha value is -0.860. The molecule has 18 heavy (non-hydrogen) atoms. The van der Waals surface area contributed by atoms with Gasteiger partial charge >= 0.3 is 0 Å². The first-order valence-electron chi connectivity index (χ1n) is 7.13. The lowest BCUT2D eigenvalue weighted by molar-refractivity contribution is 0.235. The lowest BCUT2D eigenvalue weighted by Crippen LogP contribution is -2.34. The van der Waals surface area contributed by atoms with Gasteiger partial charge < -0.3 is 9.80 Å². The van der Waals surface area contributed by atoms with Crippen molar-refractivity contribution in [2.75, 3.05) is 39.8 Å². The SMILES string of the molecule is CCN(CC)CCN(C)C[C@@H](C)c1ccccc1. The van der Waals surface area contributed by atoms with Crippen molar-refractivity contribution in [3.63, 3.8) is 0 Å². The van der Waals surface area contributed by atoms with E-state index in [1.54, 1.807) is 0 Å². The molecule has 0 bridgehead atoms. The zero-order valence-electron chi connectivity index (χ0n) is 12.4. The van der Waals surface area contributed by atoms with Crippen LogP contribution in [0.4, 0.5) is 0 Å². The zero-order valence-corrected chi connectivity index (χ0v) is 12.4. The van der Waals surface area contributed by atoms with Gasteiger partial charge in [0.05, 0.1) is 0 Å². The highest BCUT2D eigenvalue weighted by Gasteiger charge is 2.09. The van der Waals surface area contributed by atoms with Crippen LogP contribution in [0.25, 0.3) is 0 Å². The Kier molecular flexibility index (Phi) is 6.99. The summed E-state index contributed by atoms with van der Waals surface area (Å²) in [5.41, 5.74) is 1.44. The Balaban J connectivity index is 2.33. The van der Waals surface area contributed by atoms with E-state index in [-0.39, 0.29) is 0 Å². The van der Waals surface area contributed by atoms with Crippen molar-refractivity contribution in [2.45, 2.75) is 26.7 Å². The molecule has 1 atom stereocenters. The van der Waals surface area contributed by atoms with Crippen molar-refractivity contribution >= 4 is 0 Å². The van der Waals surface area contributed by atoms with Gasteiger partial charge in [-0.2, -0.15) is 0 Å². The lowest BCUT2D eigenvalue weighted by atomic mass is 10.0. The Morgan fingerprint density at radius 1 is 1.00 bits per heavy atom. The molecule has 0 amide bonds. The van der Waals surface area contributed by atoms with Gasteiger partial charge in [0.15, 0.2) is 0 Å². The van der Waals surface area contributed by atoms with Gasteiger partial charge in [0.1, 0.15) is 0 Å². The molecule has 0 fully saturated rings. The minimum Gasteiger partial charge on any atom is -0.305 e. The highest BCUT2D eigenvalue weighted by molar-refractivity contribution is 5.18. The molecule has 2 nitrogen and oxygen atoms in total. The molecule has 1 aromatic carbocycles. The van der Waals surface area contributed by atoms with Gasteiger partial charge in [-0.3, -0.25) is 0 Å². The van der Waals surface area contributed by atoms with Crippen LogP contribution >= 0.6 is 0 Å². The molecule has 0 aromatic heterocycles. The summed E-state index contributed by atoms with van der Waals surface area (Å²) in [7, 11) is 2.23. The normalized spacial score (nSPS) is 13.2. The van der Waals surface area contributed by atoms with Crippen LogP contribution in [-0.4, -0.2) is 49.6 Å². The van der Waals surface area contributed by atoms with E-state index in [9.17, 15) is 0 Å². The molecule has 0 spiro atoms. The van der Waals surface area contributed by atoms with Crippen molar-refractivity contribution in [3.05, 3.63) is 35.9 Å². The fourth-order valence-electron chi connectivity index (χ4n) is 2.30. The summed E-state index contributed by atoms with van der Waals surface area (Å²) in [4.78, 5) is 4.92. The van der Waals surface area contributed by atoms with E-state index in [0.717, 1.165) is 26.2 Å². The van der Waals surface area contributed by atoms with Crippen LogP contribution in [0.15, 0.2) is 30.3 Å². The maximum Gasteiger partial charge on any atom is 0.0109 e. The number of benzene rings is 1. The Morgan fingerprint density at radius 2 is 1.61 bits per heavy atom. The number of likely N-dealkylation sites (N-methyl/N-ethyl adjacent to an activating group) is 2. The minimum atomic E-state index is 0.605. The Bertz CT molecular complexity index is 306. The molecule has 1 rings (SSSR count). The van der Waals surface area contributed by atoms with Crippen LogP contribution in [0.3, 0.4) is 0 Å². The van der Waals surface area contributed by atoms with Crippen molar-refractivity contribution in [3.8, 4) is 0 Å². The monoisotopic (exact) mass is 248 g/mol. The van der Waals surface area contributed by atoms with Crippen LogP contribution in [-0.2, 0) is 0 Å². The maximum atomic E-state index is 2.48. The Labute approximate surface area is 113 Å². The lowest BCUT2D eigenvalue weighted by Gasteiger charge is -2.25. The molecule has 0 radical (unpaired) electrons. The van der Waals surface area contributed by atoms with E-state index in [4.69, 9.17) is 0 Å². The summed E-state index contributed by atoms with van der Waals surface area (Å²) in [6, 6.07) is 10.8. The second kappa shape index (κ2) is 8.28. The standard InChI is InChI=1S/C16H28N2/c1-5-18(6-2)13-12-17(4)14-15(3)16-10-8-7-9-11-16/h7-11,15H,5-6,12-14H2,1-4H3/t15-/m1/s1. The maximum absolute atomic E-state index is 2.48. The zero-order chi connectivity index (χ0) is 13.4. The van der Waals surface area contributed by atoms with Crippen LogP contribution in [0.2, 0.25) is 0 Å². The fourth-order valence-corrected chi connectivity index (χ4v) is 2.30. The van der Waals surface area contributed by atoms with E-state index in [0.29, 0.717) is 5.92 Å². The third kappa shape index (κ3) is 5.19. The molecule has 0 aliphatic heterocycles. The molecule has 0 heterocycles. The third-order valence-corrected chi connectivity index (χ3v) is 3.65. The van der Waals surface area contributed by atoms with Crippen molar-refractivity contribution in [1.29, 1.82) is 0 Å². The number of nitrogens with zero attached hydrogens (tertiary/aromatic N) is 2. The van der Waals surface area contributed by atoms with Crippen LogP contribution in [0.5, 0.6) is 0 Å². The van der Waals surface area contributed by atoms with Gasteiger partial charge in [0, 0.05) is 19.6 Å². The first-order valence-corrected chi connectivity index (χ1v) is 7.13. The summed E-state index contributed by atoms with van der Waals surface area (Å²) >= 11 is 0. The Morgan fingerprint density at radius 3 is 2.17 bits per heavy atom. The molecule has 0 unspecified atom stereocenters. The van der Waals surface area contributed by atoms with Crippen molar-refractivity contribution in [2.24, 2.45) is 0 Å².